The second-order valence-electron chi connectivity index (χ2n) is 3.90. The number of nitrogens with one attached hydrogen (secondary N) is 2. The Labute approximate surface area is 121 Å². The minimum absolute atomic E-state index is 0.176. The molecule has 7 nitrogen and oxygen atoms in total. The fourth-order valence-corrected chi connectivity index (χ4v) is 2.14. The number of carbonyl (C=O) groups is 2. The van der Waals surface area contributed by atoms with Crippen LogP contribution < -0.4 is 10.6 Å². The molecule has 112 valence electrons. The maximum atomic E-state index is 11.8. The van der Waals surface area contributed by atoms with Crippen molar-refractivity contribution in [1.29, 1.82) is 0 Å². The van der Waals surface area contributed by atoms with Crippen molar-refractivity contribution in [2.45, 2.75) is 19.9 Å². The zero-order valence-electron chi connectivity index (χ0n) is 11.8. The molecule has 0 aliphatic heterocycles. The van der Waals surface area contributed by atoms with Crippen molar-refractivity contribution in [2.24, 2.45) is 0 Å². The number of rotatable bonds is 8. The van der Waals surface area contributed by atoms with Gasteiger partial charge in [-0.25, -0.2) is 9.78 Å². The van der Waals surface area contributed by atoms with Crippen LogP contribution in [0.4, 0.5) is 5.00 Å². The summed E-state index contributed by atoms with van der Waals surface area (Å²) < 4.78 is 9.75. The van der Waals surface area contributed by atoms with E-state index in [1.165, 1.54) is 16.8 Å². The Morgan fingerprint density at radius 1 is 1.50 bits per heavy atom. The van der Waals surface area contributed by atoms with Crippen molar-refractivity contribution in [2.75, 3.05) is 32.2 Å². The van der Waals surface area contributed by atoms with Gasteiger partial charge in [-0.3, -0.25) is 4.79 Å². The van der Waals surface area contributed by atoms with Crippen molar-refractivity contribution in [3.05, 3.63) is 11.2 Å². The highest BCUT2D eigenvalue weighted by Gasteiger charge is 2.20. The highest BCUT2D eigenvalue weighted by Crippen LogP contribution is 2.21. The van der Waals surface area contributed by atoms with Crippen LogP contribution in [0.1, 0.15) is 24.3 Å². The molecular weight excluding hydrogens is 282 g/mol. The summed E-state index contributed by atoms with van der Waals surface area (Å²) in [4.78, 5) is 27.4. The first-order valence-electron chi connectivity index (χ1n) is 6.23. The van der Waals surface area contributed by atoms with Crippen molar-refractivity contribution < 1.29 is 19.1 Å². The molecule has 1 amide bonds. The SMILES string of the molecule is CCOC(=O)c1ncsc1NC(C)C(=O)NCCOC. The van der Waals surface area contributed by atoms with Gasteiger partial charge in [0, 0.05) is 13.7 Å². The smallest absolute Gasteiger partial charge is 0.360 e. The van der Waals surface area contributed by atoms with E-state index in [2.05, 4.69) is 15.6 Å². The highest BCUT2D eigenvalue weighted by molar-refractivity contribution is 7.14. The third kappa shape index (κ3) is 4.78. The van der Waals surface area contributed by atoms with Gasteiger partial charge in [0.1, 0.15) is 11.0 Å². The lowest BCUT2D eigenvalue weighted by atomic mass is 10.3. The molecular formula is C12H19N3O4S. The standard InChI is InChI=1S/C12H19N3O4S/c1-4-19-12(17)9-11(20-7-14-9)15-8(2)10(16)13-5-6-18-3/h7-8,15H,4-6H2,1-3H3,(H,13,16). The van der Waals surface area contributed by atoms with E-state index in [-0.39, 0.29) is 18.2 Å². The van der Waals surface area contributed by atoms with E-state index in [0.717, 1.165) is 0 Å². The van der Waals surface area contributed by atoms with Gasteiger partial charge in [-0.15, -0.1) is 11.3 Å². The number of hydrogen-bond acceptors (Lipinski definition) is 7. The highest BCUT2D eigenvalue weighted by atomic mass is 32.1. The number of esters is 1. The quantitative estimate of drug-likeness (QED) is 0.547. The molecule has 0 saturated heterocycles. The number of amides is 1. The van der Waals surface area contributed by atoms with Crippen LogP contribution in [0.15, 0.2) is 5.51 Å². The maximum Gasteiger partial charge on any atom is 0.360 e. The zero-order valence-corrected chi connectivity index (χ0v) is 12.6. The summed E-state index contributed by atoms with van der Waals surface area (Å²) in [5, 5.41) is 6.20. The Kier molecular flexibility index (Phi) is 6.96. The molecule has 2 N–H and O–H groups in total. The normalized spacial score (nSPS) is 11.8. The molecule has 0 aliphatic rings. The molecule has 0 aromatic carbocycles. The third-order valence-electron chi connectivity index (χ3n) is 2.38. The second kappa shape index (κ2) is 8.49. The molecule has 0 saturated carbocycles. The largest absolute Gasteiger partial charge is 0.461 e. The number of hydrogen-bond donors (Lipinski definition) is 2. The van der Waals surface area contributed by atoms with Crippen molar-refractivity contribution in [3.8, 4) is 0 Å². The van der Waals surface area contributed by atoms with Gasteiger partial charge in [0.25, 0.3) is 0 Å². The Morgan fingerprint density at radius 3 is 2.90 bits per heavy atom. The molecule has 1 heterocycles. The predicted molar refractivity (Wildman–Crippen MR) is 76.0 cm³/mol. The van der Waals surface area contributed by atoms with Crippen LogP contribution in [0.3, 0.4) is 0 Å². The number of ether oxygens (including phenoxy) is 2. The topological polar surface area (TPSA) is 89.5 Å². The van der Waals surface area contributed by atoms with E-state index < -0.39 is 12.0 Å². The minimum Gasteiger partial charge on any atom is -0.461 e. The lowest BCUT2D eigenvalue weighted by molar-refractivity contribution is -0.121. The molecule has 0 spiro atoms. The lowest BCUT2D eigenvalue weighted by Gasteiger charge is -2.14. The number of carbonyl (C=O) groups excluding carboxylic acids is 2. The van der Waals surface area contributed by atoms with Gasteiger partial charge < -0.3 is 20.1 Å². The number of nitrogens with zero attached hydrogens (tertiary/aromatic N) is 1. The van der Waals surface area contributed by atoms with Crippen LogP contribution in [0.2, 0.25) is 0 Å². The van der Waals surface area contributed by atoms with Crippen molar-refractivity contribution in [3.63, 3.8) is 0 Å². The number of thiazole rings is 1. The average molecular weight is 301 g/mol. The first-order chi connectivity index (χ1) is 9.60. The fourth-order valence-electron chi connectivity index (χ4n) is 1.39. The molecule has 0 aliphatic carbocycles. The Morgan fingerprint density at radius 2 is 2.25 bits per heavy atom. The van der Waals surface area contributed by atoms with E-state index in [1.54, 1.807) is 21.0 Å². The summed E-state index contributed by atoms with van der Waals surface area (Å²) in [6.45, 7) is 4.60. The molecule has 1 aromatic rings. The molecule has 1 rings (SSSR count). The lowest BCUT2D eigenvalue weighted by Crippen LogP contribution is -2.39. The molecule has 1 unspecified atom stereocenters. The maximum absolute atomic E-state index is 11.8. The summed E-state index contributed by atoms with van der Waals surface area (Å²) in [6.07, 6.45) is 0. The summed E-state index contributed by atoms with van der Waals surface area (Å²) in [5.41, 5.74) is 1.73. The van der Waals surface area contributed by atoms with Crippen molar-refractivity contribution >= 4 is 28.2 Å². The Bertz CT molecular complexity index is 450. The molecule has 0 fully saturated rings. The van der Waals surface area contributed by atoms with E-state index in [9.17, 15) is 9.59 Å². The van der Waals surface area contributed by atoms with Gasteiger partial charge in [0.15, 0.2) is 5.69 Å². The van der Waals surface area contributed by atoms with Gasteiger partial charge in [-0.2, -0.15) is 0 Å². The molecule has 1 aromatic heterocycles. The van der Waals surface area contributed by atoms with E-state index >= 15 is 0 Å². The first kappa shape index (κ1) is 16.4. The van der Waals surface area contributed by atoms with E-state index in [4.69, 9.17) is 9.47 Å². The number of anilines is 1. The van der Waals surface area contributed by atoms with Gasteiger partial charge in [0.05, 0.1) is 18.7 Å². The second-order valence-corrected chi connectivity index (χ2v) is 4.76. The van der Waals surface area contributed by atoms with Gasteiger partial charge in [-0.1, -0.05) is 0 Å². The summed E-state index contributed by atoms with van der Waals surface area (Å²) in [7, 11) is 1.57. The van der Waals surface area contributed by atoms with E-state index in [0.29, 0.717) is 18.2 Å². The van der Waals surface area contributed by atoms with Gasteiger partial charge >= 0.3 is 5.97 Å². The molecule has 0 radical (unpaired) electrons. The van der Waals surface area contributed by atoms with Crippen LogP contribution >= 0.6 is 11.3 Å². The zero-order chi connectivity index (χ0) is 15.0. The average Bonchev–Trinajstić information content (AvgIpc) is 2.87. The minimum atomic E-state index is -0.497. The molecule has 8 heteroatoms. The van der Waals surface area contributed by atoms with Crippen LogP contribution in [-0.4, -0.2) is 49.8 Å². The summed E-state index contributed by atoms with van der Waals surface area (Å²) in [6, 6.07) is -0.486. The van der Waals surface area contributed by atoms with Gasteiger partial charge in [-0.05, 0) is 13.8 Å². The van der Waals surface area contributed by atoms with Crippen LogP contribution in [-0.2, 0) is 14.3 Å². The molecule has 0 bridgehead atoms. The first-order valence-corrected chi connectivity index (χ1v) is 7.11. The monoisotopic (exact) mass is 301 g/mol. The third-order valence-corrected chi connectivity index (χ3v) is 3.14. The molecule has 1 atom stereocenters. The predicted octanol–water partition coefficient (Wildman–Crippen LogP) is 0.883. The Hall–Kier alpha value is -1.67. The summed E-state index contributed by atoms with van der Waals surface area (Å²) in [5.74, 6) is -0.673. The Balaban J connectivity index is 2.57. The number of aromatic nitrogens is 1. The van der Waals surface area contributed by atoms with Crippen LogP contribution in [0.25, 0.3) is 0 Å². The number of methoxy groups -OCH3 is 1. The van der Waals surface area contributed by atoms with E-state index in [1.807, 2.05) is 0 Å². The van der Waals surface area contributed by atoms with Crippen LogP contribution in [0, 0.1) is 0 Å². The molecule has 20 heavy (non-hydrogen) atoms. The van der Waals surface area contributed by atoms with Gasteiger partial charge in [0.2, 0.25) is 5.91 Å². The summed E-state index contributed by atoms with van der Waals surface area (Å²) >= 11 is 1.25. The fraction of sp³-hybridized carbons (Fsp3) is 0.583. The van der Waals surface area contributed by atoms with Crippen LogP contribution in [0.5, 0.6) is 0 Å². The van der Waals surface area contributed by atoms with Crippen molar-refractivity contribution in [1.82, 2.24) is 10.3 Å².